The van der Waals surface area contributed by atoms with Gasteiger partial charge in [-0.2, -0.15) is 0 Å². The Balaban J connectivity index is 1.91. The molecule has 3 heteroatoms. The van der Waals surface area contributed by atoms with Crippen LogP contribution < -0.4 is 0 Å². The van der Waals surface area contributed by atoms with Gasteiger partial charge in [-0.25, -0.2) is 4.79 Å². The summed E-state index contributed by atoms with van der Waals surface area (Å²) in [4.78, 5) is 11.4. The van der Waals surface area contributed by atoms with Crippen LogP contribution in [0.1, 0.15) is 38.5 Å². The highest BCUT2D eigenvalue weighted by atomic mass is 16.6. The maximum Gasteiger partial charge on any atom is 0.330 e. The molecule has 0 aromatic heterocycles. The maximum atomic E-state index is 11.4. The molecule has 3 aliphatic carbocycles. The molecule has 3 rings (SSSR count). The van der Waals surface area contributed by atoms with Gasteiger partial charge in [0.25, 0.3) is 0 Å². The molecular weight excluding hydrogens is 204 g/mol. The van der Waals surface area contributed by atoms with Crippen molar-refractivity contribution in [1.29, 1.82) is 0 Å². The van der Waals surface area contributed by atoms with E-state index in [1.807, 2.05) is 0 Å². The highest BCUT2D eigenvalue weighted by molar-refractivity contribution is 5.81. The van der Waals surface area contributed by atoms with E-state index in [0.29, 0.717) is 5.92 Å². The van der Waals surface area contributed by atoms with E-state index >= 15 is 0 Å². The lowest BCUT2D eigenvalue weighted by atomic mass is 9.76. The fraction of sp³-hybridized carbons (Fsp3) is 0.769. The van der Waals surface area contributed by atoms with Crippen LogP contribution >= 0.6 is 0 Å². The Labute approximate surface area is 95.5 Å². The van der Waals surface area contributed by atoms with E-state index in [2.05, 4.69) is 6.58 Å². The van der Waals surface area contributed by atoms with Gasteiger partial charge in [-0.3, -0.25) is 0 Å². The smallest absolute Gasteiger partial charge is 0.330 e. The number of fused-ring (bicyclic) bond motifs is 5. The van der Waals surface area contributed by atoms with E-state index in [-0.39, 0.29) is 17.5 Å². The minimum atomic E-state index is -0.542. The van der Waals surface area contributed by atoms with E-state index in [1.54, 1.807) is 0 Å². The van der Waals surface area contributed by atoms with E-state index in [0.717, 1.165) is 38.5 Å². The summed E-state index contributed by atoms with van der Waals surface area (Å²) in [6, 6.07) is 0. The molecule has 3 fully saturated rings. The van der Waals surface area contributed by atoms with Crippen molar-refractivity contribution in [1.82, 2.24) is 0 Å². The van der Waals surface area contributed by atoms with Crippen LogP contribution in [0, 0.1) is 11.8 Å². The summed E-state index contributed by atoms with van der Waals surface area (Å²) in [6.45, 7) is 3.45. The molecule has 4 atom stereocenters. The molecule has 88 valence electrons. The van der Waals surface area contributed by atoms with Gasteiger partial charge in [0.15, 0.2) is 0 Å². The first kappa shape index (κ1) is 10.3. The van der Waals surface area contributed by atoms with Gasteiger partial charge < -0.3 is 9.84 Å². The van der Waals surface area contributed by atoms with Crippen LogP contribution in [0.5, 0.6) is 0 Å². The Morgan fingerprint density at radius 1 is 1.44 bits per heavy atom. The molecule has 0 heterocycles. The van der Waals surface area contributed by atoms with Crippen molar-refractivity contribution < 1.29 is 14.6 Å². The number of esters is 1. The molecule has 3 nitrogen and oxygen atoms in total. The number of aliphatic hydroxyl groups is 1. The number of carbonyl (C=O) groups excluding carboxylic acids is 1. The van der Waals surface area contributed by atoms with Crippen LogP contribution in [-0.4, -0.2) is 22.3 Å². The van der Waals surface area contributed by atoms with Gasteiger partial charge in [0, 0.05) is 12.0 Å². The third-order valence-electron chi connectivity index (χ3n) is 4.99. The average Bonchev–Trinajstić information content (AvgIpc) is 2.87. The Hall–Kier alpha value is -0.830. The first-order valence-corrected chi connectivity index (χ1v) is 6.18. The zero-order valence-electron chi connectivity index (χ0n) is 9.45. The molecule has 1 N–H and O–H groups in total. The molecular formula is C13H18O3. The first-order chi connectivity index (χ1) is 7.61. The third-order valence-corrected chi connectivity index (χ3v) is 4.99. The predicted octanol–water partition coefficient (Wildman–Crippen LogP) is 1.80. The SMILES string of the molecule is C=CC(=O)OC12CCC(C1)C1(O)CCCC21. The molecule has 0 aromatic rings. The second kappa shape index (κ2) is 3.10. The van der Waals surface area contributed by atoms with Crippen LogP contribution in [-0.2, 0) is 9.53 Å². The fourth-order valence-electron chi connectivity index (χ4n) is 4.41. The zero-order chi connectivity index (χ0) is 11.4. The topological polar surface area (TPSA) is 46.5 Å². The largest absolute Gasteiger partial charge is 0.456 e. The van der Waals surface area contributed by atoms with Crippen molar-refractivity contribution in [2.75, 3.05) is 0 Å². The zero-order valence-corrected chi connectivity index (χ0v) is 9.45. The van der Waals surface area contributed by atoms with E-state index in [1.165, 1.54) is 6.08 Å². The molecule has 16 heavy (non-hydrogen) atoms. The van der Waals surface area contributed by atoms with Crippen molar-refractivity contribution in [3.05, 3.63) is 12.7 Å². The number of ether oxygens (including phenoxy) is 1. The van der Waals surface area contributed by atoms with Crippen LogP contribution in [0.15, 0.2) is 12.7 Å². The van der Waals surface area contributed by atoms with Gasteiger partial charge in [0.05, 0.1) is 5.60 Å². The van der Waals surface area contributed by atoms with Gasteiger partial charge in [-0.15, -0.1) is 0 Å². The molecule has 0 spiro atoms. The van der Waals surface area contributed by atoms with E-state index < -0.39 is 5.60 Å². The second-order valence-electron chi connectivity index (χ2n) is 5.57. The maximum absolute atomic E-state index is 11.4. The Morgan fingerprint density at radius 3 is 3.00 bits per heavy atom. The Bertz CT molecular complexity index is 351. The van der Waals surface area contributed by atoms with Gasteiger partial charge in [-0.05, 0) is 38.0 Å². The van der Waals surface area contributed by atoms with Crippen molar-refractivity contribution in [2.24, 2.45) is 11.8 Å². The van der Waals surface area contributed by atoms with Crippen LogP contribution in [0.3, 0.4) is 0 Å². The quantitative estimate of drug-likeness (QED) is 0.572. The van der Waals surface area contributed by atoms with E-state index in [9.17, 15) is 9.90 Å². The van der Waals surface area contributed by atoms with Crippen LogP contribution in [0.4, 0.5) is 0 Å². The molecule has 0 saturated heterocycles. The average molecular weight is 222 g/mol. The summed E-state index contributed by atoms with van der Waals surface area (Å²) in [5.74, 6) is 0.178. The Kier molecular flexibility index (Phi) is 2.00. The van der Waals surface area contributed by atoms with Gasteiger partial charge >= 0.3 is 5.97 Å². The number of carbonyl (C=O) groups is 1. The van der Waals surface area contributed by atoms with Crippen molar-refractivity contribution >= 4 is 5.97 Å². The van der Waals surface area contributed by atoms with Crippen LogP contribution in [0.25, 0.3) is 0 Å². The lowest BCUT2D eigenvalue weighted by molar-refractivity contribution is -0.165. The third kappa shape index (κ3) is 1.10. The monoisotopic (exact) mass is 222 g/mol. The summed E-state index contributed by atoms with van der Waals surface area (Å²) in [6.07, 6.45) is 6.95. The summed E-state index contributed by atoms with van der Waals surface area (Å²) < 4.78 is 5.60. The van der Waals surface area contributed by atoms with Gasteiger partial charge in [0.1, 0.15) is 5.60 Å². The molecule has 0 aliphatic heterocycles. The number of hydrogen-bond donors (Lipinski definition) is 1. The molecule has 2 bridgehead atoms. The lowest BCUT2D eigenvalue weighted by Crippen LogP contribution is -2.47. The van der Waals surface area contributed by atoms with Crippen molar-refractivity contribution in [3.8, 4) is 0 Å². The summed E-state index contributed by atoms with van der Waals surface area (Å²) in [5, 5.41) is 10.7. The van der Waals surface area contributed by atoms with E-state index in [4.69, 9.17) is 4.74 Å². The Morgan fingerprint density at radius 2 is 2.25 bits per heavy atom. The molecule has 0 aromatic carbocycles. The molecule has 3 saturated carbocycles. The lowest BCUT2D eigenvalue weighted by Gasteiger charge is -2.39. The molecule has 0 amide bonds. The number of hydrogen-bond acceptors (Lipinski definition) is 3. The summed E-state index contributed by atoms with van der Waals surface area (Å²) in [7, 11) is 0. The number of rotatable bonds is 2. The molecule has 3 aliphatic rings. The standard InChI is InChI=1S/C13H18O3/c1-2-11(14)16-12-7-5-9(8-12)13(15)6-3-4-10(12)13/h2,9-10,15H,1,3-8H2. The predicted molar refractivity (Wildman–Crippen MR) is 58.7 cm³/mol. The van der Waals surface area contributed by atoms with Gasteiger partial charge in [-0.1, -0.05) is 13.0 Å². The summed E-state index contributed by atoms with van der Waals surface area (Å²) in [5.41, 5.74) is -0.916. The second-order valence-corrected chi connectivity index (χ2v) is 5.57. The normalized spacial score (nSPS) is 49.1. The fourth-order valence-corrected chi connectivity index (χ4v) is 4.41. The van der Waals surface area contributed by atoms with Gasteiger partial charge in [0.2, 0.25) is 0 Å². The molecule has 0 radical (unpaired) electrons. The first-order valence-electron chi connectivity index (χ1n) is 6.18. The highest BCUT2D eigenvalue weighted by Crippen LogP contribution is 2.64. The molecule has 4 unspecified atom stereocenters. The minimum Gasteiger partial charge on any atom is -0.456 e. The summed E-state index contributed by atoms with van der Waals surface area (Å²) >= 11 is 0. The van der Waals surface area contributed by atoms with Crippen LogP contribution in [0.2, 0.25) is 0 Å². The minimum absolute atomic E-state index is 0.169. The van der Waals surface area contributed by atoms with Crippen molar-refractivity contribution in [2.45, 2.75) is 49.7 Å². The van der Waals surface area contributed by atoms with Crippen molar-refractivity contribution in [3.63, 3.8) is 0 Å². The highest BCUT2D eigenvalue weighted by Gasteiger charge is 2.68.